The van der Waals surface area contributed by atoms with Crippen LogP contribution in [0.4, 0.5) is 5.82 Å². The zero-order chi connectivity index (χ0) is 21.9. The number of piperazine rings is 1. The summed E-state index contributed by atoms with van der Waals surface area (Å²) in [4.78, 5) is 22.1. The summed E-state index contributed by atoms with van der Waals surface area (Å²) in [7, 11) is 0. The summed E-state index contributed by atoms with van der Waals surface area (Å²) in [5, 5.41) is 6.97. The second-order valence-corrected chi connectivity index (χ2v) is 8.41. The largest absolute Gasteiger partial charge is 0.467 e. The summed E-state index contributed by atoms with van der Waals surface area (Å²) in [5.74, 6) is 1.70. The van der Waals surface area contributed by atoms with Crippen molar-refractivity contribution in [3.05, 3.63) is 83.4 Å². The molecule has 5 rings (SSSR count). The third-order valence-electron chi connectivity index (χ3n) is 5.92. The molecule has 1 aromatic carbocycles. The number of pyridine rings is 1. The van der Waals surface area contributed by atoms with Crippen LogP contribution in [0.2, 0.25) is 5.02 Å². The van der Waals surface area contributed by atoms with Crippen LogP contribution in [0.15, 0.2) is 76.6 Å². The fourth-order valence-electron chi connectivity index (χ4n) is 4.20. The Kier molecular flexibility index (Phi) is 5.92. The molecule has 0 bridgehead atoms. The molecule has 164 valence electrons. The van der Waals surface area contributed by atoms with E-state index in [4.69, 9.17) is 21.1 Å². The number of carbonyl (C=O) groups is 1. The molecule has 2 aromatic heterocycles. The van der Waals surface area contributed by atoms with E-state index in [0.717, 1.165) is 49.0 Å². The van der Waals surface area contributed by atoms with E-state index < -0.39 is 0 Å². The molecule has 1 fully saturated rings. The topological polar surface area (TPSA) is 65.2 Å². The molecule has 1 saturated heterocycles. The van der Waals surface area contributed by atoms with Gasteiger partial charge in [-0.3, -0.25) is 9.69 Å². The average Bonchev–Trinajstić information content (AvgIpc) is 3.51. The fraction of sp³-hybridized carbons (Fsp3) is 0.292. The predicted octanol–water partition coefficient (Wildman–Crippen LogP) is 3.83. The molecule has 4 heterocycles. The maximum atomic E-state index is 13.3. The van der Waals surface area contributed by atoms with E-state index in [1.54, 1.807) is 11.3 Å². The second-order valence-electron chi connectivity index (χ2n) is 7.98. The van der Waals surface area contributed by atoms with E-state index >= 15 is 0 Å². The molecule has 1 unspecified atom stereocenters. The van der Waals surface area contributed by atoms with Crippen molar-refractivity contribution < 1.29 is 9.21 Å². The number of anilines is 1. The number of amides is 1. The molecule has 3 aromatic rings. The normalized spacial score (nSPS) is 19.3. The fourth-order valence-corrected chi connectivity index (χ4v) is 4.33. The van der Waals surface area contributed by atoms with Gasteiger partial charge in [0.05, 0.1) is 18.5 Å². The number of aromatic nitrogens is 1. The van der Waals surface area contributed by atoms with E-state index in [9.17, 15) is 4.79 Å². The number of carbonyl (C=O) groups excluding carboxylic acids is 1. The van der Waals surface area contributed by atoms with Gasteiger partial charge in [0, 0.05) is 43.8 Å². The number of hydrogen-bond acceptors (Lipinski definition) is 6. The summed E-state index contributed by atoms with van der Waals surface area (Å²) in [5.41, 5.74) is 1.82. The first-order valence-corrected chi connectivity index (χ1v) is 11.1. The van der Waals surface area contributed by atoms with Crippen LogP contribution in [0, 0.1) is 0 Å². The lowest BCUT2D eigenvalue weighted by Gasteiger charge is -2.35. The SMILES string of the molecule is O=C(CN1CCN(c2ccccn2)CC1)N1N=C(c2ccc(Cl)cc2)CC1c1ccco1. The van der Waals surface area contributed by atoms with Crippen molar-refractivity contribution in [3.8, 4) is 0 Å². The highest BCUT2D eigenvalue weighted by Crippen LogP contribution is 2.33. The number of halogens is 1. The summed E-state index contributed by atoms with van der Waals surface area (Å²) >= 11 is 6.03. The Bertz CT molecular complexity index is 1080. The summed E-state index contributed by atoms with van der Waals surface area (Å²) in [6.45, 7) is 3.60. The van der Waals surface area contributed by atoms with E-state index in [0.29, 0.717) is 18.0 Å². The van der Waals surface area contributed by atoms with Gasteiger partial charge in [0.1, 0.15) is 17.6 Å². The Morgan fingerprint density at radius 3 is 2.53 bits per heavy atom. The highest BCUT2D eigenvalue weighted by Gasteiger charge is 2.35. The zero-order valence-electron chi connectivity index (χ0n) is 17.6. The van der Waals surface area contributed by atoms with Crippen LogP contribution < -0.4 is 4.90 Å². The molecule has 1 amide bonds. The van der Waals surface area contributed by atoms with Gasteiger partial charge in [-0.1, -0.05) is 29.8 Å². The first kappa shape index (κ1) is 20.7. The molecule has 0 saturated carbocycles. The average molecular weight is 450 g/mol. The minimum absolute atomic E-state index is 0.0263. The number of benzene rings is 1. The molecule has 2 aliphatic heterocycles. The summed E-state index contributed by atoms with van der Waals surface area (Å²) in [6.07, 6.45) is 4.05. The summed E-state index contributed by atoms with van der Waals surface area (Å²) < 4.78 is 5.64. The van der Waals surface area contributed by atoms with Crippen molar-refractivity contribution in [1.29, 1.82) is 0 Å². The molecular weight excluding hydrogens is 426 g/mol. The Hall–Kier alpha value is -3.16. The minimum Gasteiger partial charge on any atom is -0.467 e. The van der Waals surface area contributed by atoms with Crippen LogP contribution in [-0.4, -0.2) is 59.2 Å². The van der Waals surface area contributed by atoms with E-state index in [1.807, 2.05) is 60.8 Å². The first-order valence-electron chi connectivity index (χ1n) is 10.7. The van der Waals surface area contributed by atoms with E-state index in [-0.39, 0.29) is 11.9 Å². The van der Waals surface area contributed by atoms with Crippen LogP contribution in [0.1, 0.15) is 23.8 Å². The van der Waals surface area contributed by atoms with Crippen molar-refractivity contribution in [1.82, 2.24) is 14.9 Å². The van der Waals surface area contributed by atoms with Gasteiger partial charge in [0.15, 0.2) is 0 Å². The van der Waals surface area contributed by atoms with E-state index in [2.05, 4.69) is 14.8 Å². The van der Waals surface area contributed by atoms with Gasteiger partial charge in [0.25, 0.3) is 5.91 Å². The van der Waals surface area contributed by atoms with Crippen molar-refractivity contribution in [2.75, 3.05) is 37.6 Å². The van der Waals surface area contributed by atoms with Gasteiger partial charge in [-0.25, -0.2) is 9.99 Å². The van der Waals surface area contributed by atoms with Gasteiger partial charge >= 0.3 is 0 Å². The van der Waals surface area contributed by atoms with Crippen molar-refractivity contribution >= 4 is 29.0 Å². The van der Waals surface area contributed by atoms with Gasteiger partial charge in [-0.05, 0) is 42.0 Å². The zero-order valence-corrected chi connectivity index (χ0v) is 18.4. The highest BCUT2D eigenvalue weighted by molar-refractivity contribution is 6.30. The van der Waals surface area contributed by atoms with Gasteiger partial charge in [-0.2, -0.15) is 5.10 Å². The van der Waals surface area contributed by atoms with Crippen molar-refractivity contribution in [2.24, 2.45) is 5.10 Å². The molecule has 0 radical (unpaired) electrons. The first-order chi connectivity index (χ1) is 15.7. The number of nitrogens with zero attached hydrogens (tertiary/aromatic N) is 5. The third kappa shape index (κ3) is 4.40. The lowest BCUT2D eigenvalue weighted by atomic mass is 10.0. The number of hydrazone groups is 1. The van der Waals surface area contributed by atoms with Gasteiger partial charge in [0.2, 0.25) is 0 Å². The van der Waals surface area contributed by atoms with Crippen LogP contribution in [-0.2, 0) is 4.79 Å². The maximum Gasteiger partial charge on any atom is 0.257 e. The van der Waals surface area contributed by atoms with Crippen LogP contribution >= 0.6 is 11.6 Å². The molecule has 0 spiro atoms. The summed E-state index contributed by atoms with van der Waals surface area (Å²) in [6, 6.07) is 17.0. The van der Waals surface area contributed by atoms with Gasteiger partial charge < -0.3 is 9.32 Å². The highest BCUT2D eigenvalue weighted by atomic mass is 35.5. The molecule has 2 aliphatic rings. The molecule has 8 heteroatoms. The lowest BCUT2D eigenvalue weighted by molar-refractivity contribution is -0.134. The second kappa shape index (κ2) is 9.14. The molecule has 0 N–H and O–H groups in total. The smallest absolute Gasteiger partial charge is 0.257 e. The van der Waals surface area contributed by atoms with Gasteiger partial charge in [-0.15, -0.1) is 0 Å². The van der Waals surface area contributed by atoms with Crippen LogP contribution in [0.3, 0.4) is 0 Å². The predicted molar refractivity (Wildman–Crippen MR) is 124 cm³/mol. The molecule has 1 atom stereocenters. The molecule has 32 heavy (non-hydrogen) atoms. The minimum atomic E-state index is -0.238. The van der Waals surface area contributed by atoms with E-state index in [1.165, 1.54) is 0 Å². The monoisotopic (exact) mass is 449 g/mol. The Labute approximate surface area is 191 Å². The number of furan rings is 1. The van der Waals surface area contributed by atoms with Crippen LogP contribution in [0.25, 0.3) is 0 Å². The Morgan fingerprint density at radius 1 is 1.03 bits per heavy atom. The molecule has 0 aliphatic carbocycles. The van der Waals surface area contributed by atoms with Crippen LogP contribution in [0.5, 0.6) is 0 Å². The lowest BCUT2D eigenvalue weighted by Crippen LogP contribution is -2.49. The Balaban J connectivity index is 1.28. The maximum absolute atomic E-state index is 13.3. The number of hydrogen-bond donors (Lipinski definition) is 0. The Morgan fingerprint density at radius 2 is 1.84 bits per heavy atom. The third-order valence-corrected chi connectivity index (χ3v) is 6.17. The standard InChI is InChI=1S/C24H24ClN5O2/c25-19-8-6-18(7-9-19)20-16-21(22-4-3-15-32-22)30(27-20)24(31)17-28-11-13-29(14-12-28)23-5-1-2-10-26-23/h1-10,15,21H,11-14,16-17H2. The molecule has 7 nitrogen and oxygen atoms in total. The molecular formula is C24H24ClN5O2. The number of rotatable bonds is 5. The van der Waals surface area contributed by atoms with Crippen molar-refractivity contribution in [3.63, 3.8) is 0 Å². The van der Waals surface area contributed by atoms with Crippen molar-refractivity contribution in [2.45, 2.75) is 12.5 Å². The quantitative estimate of drug-likeness (QED) is 0.592.